The number of hydrogen-bond acceptors (Lipinski definition) is 3. The van der Waals surface area contributed by atoms with Crippen molar-refractivity contribution < 1.29 is 22.7 Å². The molecule has 1 aromatic rings. The third-order valence-electron chi connectivity index (χ3n) is 2.71. The van der Waals surface area contributed by atoms with E-state index in [0.717, 1.165) is 25.5 Å². The van der Waals surface area contributed by atoms with E-state index in [2.05, 4.69) is 15.4 Å². The Balaban J connectivity index is 2.00. The monoisotopic (exact) mass is 274 g/mol. The highest BCUT2D eigenvalue weighted by atomic mass is 19.4. The van der Waals surface area contributed by atoms with Crippen LogP contribution in [0.2, 0.25) is 0 Å². The molecule has 104 valence electrons. The molecule has 7 heteroatoms. The van der Waals surface area contributed by atoms with Gasteiger partial charge in [0.25, 0.3) is 0 Å². The number of carbonyl (C=O) groups excluding carboxylic acids is 1. The summed E-state index contributed by atoms with van der Waals surface area (Å²) >= 11 is 0. The summed E-state index contributed by atoms with van der Waals surface area (Å²) in [5, 5.41) is 5.57. The van der Waals surface area contributed by atoms with Crippen LogP contribution >= 0.6 is 0 Å². The predicted molar refractivity (Wildman–Crippen MR) is 62.8 cm³/mol. The summed E-state index contributed by atoms with van der Waals surface area (Å²) in [5.41, 5.74) is 0.278. The fourth-order valence-electron chi connectivity index (χ4n) is 1.91. The van der Waals surface area contributed by atoms with Crippen LogP contribution in [-0.4, -0.2) is 24.9 Å². The maximum Gasteiger partial charge on any atom is 0.573 e. The van der Waals surface area contributed by atoms with Crippen molar-refractivity contribution in [1.29, 1.82) is 0 Å². The summed E-state index contributed by atoms with van der Waals surface area (Å²) in [4.78, 5) is 11.8. The largest absolute Gasteiger partial charge is 0.573 e. The number of rotatable bonds is 3. The minimum absolute atomic E-state index is 0.248. The topological polar surface area (TPSA) is 50.4 Å². The van der Waals surface area contributed by atoms with Gasteiger partial charge < -0.3 is 15.4 Å². The zero-order valence-electron chi connectivity index (χ0n) is 9.96. The second kappa shape index (κ2) is 5.48. The van der Waals surface area contributed by atoms with Gasteiger partial charge >= 0.3 is 6.36 Å². The highest BCUT2D eigenvalue weighted by Gasteiger charge is 2.31. The molecule has 1 unspecified atom stereocenters. The molecule has 0 aromatic heterocycles. The first-order chi connectivity index (χ1) is 8.94. The first-order valence-corrected chi connectivity index (χ1v) is 5.84. The van der Waals surface area contributed by atoms with Crippen molar-refractivity contribution >= 4 is 11.6 Å². The Hall–Kier alpha value is -1.76. The molecule has 1 aliphatic heterocycles. The zero-order chi connectivity index (χ0) is 13.9. The second-order valence-electron chi connectivity index (χ2n) is 4.21. The van der Waals surface area contributed by atoms with Gasteiger partial charge in [0, 0.05) is 11.8 Å². The number of ether oxygens (including phenoxy) is 1. The number of carbonyl (C=O) groups is 1. The van der Waals surface area contributed by atoms with Crippen molar-refractivity contribution in [2.75, 3.05) is 11.9 Å². The third kappa shape index (κ3) is 4.13. The number of alkyl halides is 3. The van der Waals surface area contributed by atoms with Crippen molar-refractivity contribution in [2.45, 2.75) is 25.2 Å². The molecule has 1 atom stereocenters. The number of amides is 1. The van der Waals surface area contributed by atoms with Crippen LogP contribution in [0.4, 0.5) is 18.9 Å². The summed E-state index contributed by atoms with van der Waals surface area (Å²) in [6.45, 7) is 0.773. The minimum atomic E-state index is -4.74. The Morgan fingerprint density at radius 2 is 2.21 bits per heavy atom. The standard InChI is InChI=1S/C12H13F3N2O2/c13-12(14,15)19-9-4-1-3-8(7-9)17-11(18)10-5-2-6-16-10/h1,3-4,7,10,16H,2,5-6H2,(H,17,18). The molecular formula is C12H13F3N2O2. The SMILES string of the molecule is O=C(Nc1cccc(OC(F)(F)F)c1)C1CCCN1. The number of anilines is 1. The fourth-order valence-corrected chi connectivity index (χ4v) is 1.91. The molecule has 1 heterocycles. The Bertz CT molecular complexity index is 457. The molecule has 0 aliphatic carbocycles. The Morgan fingerprint density at radius 1 is 1.42 bits per heavy atom. The molecule has 1 aromatic carbocycles. The van der Waals surface area contributed by atoms with Crippen LogP contribution in [0.5, 0.6) is 5.75 Å². The summed E-state index contributed by atoms with van der Waals surface area (Å²) in [6.07, 6.45) is -3.10. The maximum absolute atomic E-state index is 12.1. The lowest BCUT2D eigenvalue weighted by Crippen LogP contribution is -2.35. The molecule has 0 spiro atoms. The average molecular weight is 274 g/mol. The van der Waals surface area contributed by atoms with E-state index in [1.807, 2.05) is 0 Å². The fraction of sp³-hybridized carbons (Fsp3) is 0.417. The lowest BCUT2D eigenvalue weighted by atomic mass is 10.2. The van der Waals surface area contributed by atoms with Crippen LogP contribution in [0.25, 0.3) is 0 Å². The lowest BCUT2D eigenvalue weighted by molar-refractivity contribution is -0.274. The first kappa shape index (κ1) is 13.7. The molecule has 2 rings (SSSR count). The van der Waals surface area contributed by atoms with Gasteiger partial charge in [0.1, 0.15) is 5.75 Å². The lowest BCUT2D eigenvalue weighted by Gasteiger charge is -2.13. The van der Waals surface area contributed by atoms with E-state index in [4.69, 9.17) is 0 Å². The minimum Gasteiger partial charge on any atom is -0.406 e. The highest BCUT2D eigenvalue weighted by molar-refractivity contribution is 5.95. The summed E-state index contributed by atoms with van der Waals surface area (Å²) in [7, 11) is 0. The van der Waals surface area contributed by atoms with Crippen LogP contribution in [0.15, 0.2) is 24.3 Å². The van der Waals surface area contributed by atoms with E-state index >= 15 is 0 Å². The van der Waals surface area contributed by atoms with Crippen molar-refractivity contribution in [3.05, 3.63) is 24.3 Å². The smallest absolute Gasteiger partial charge is 0.406 e. The molecule has 1 aliphatic rings. The number of benzene rings is 1. The Labute approximate surface area is 107 Å². The number of halogens is 3. The van der Waals surface area contributed by atoms with Crippen molar-refractivity contribution in [3.8, 4) is 5.75 Å². The van der Waals surface area contributed by atoms with Gasteiger partial charge in [-0.15, -0.1) is 13.2 Å². The van der Waals surface area contributed by atoms with Gasteiger partial charge in [-0.25, -0.2) is 0 Å². The van der Waals surface area contributed by atoms with Gasteiger partial charge in [-0.3, -0.25) is 4.79 Å². The van der Waals surface area contributed by atoms with Crippen molar-refractivity contribution in [3.63, 3.8) is 0 Å². The molecular weight excluding hydrogens is 261 g/mol. The van der Waals surface area contributed by atoms with Crippen LogP contribution < -0.4 is 15.4 Å². The van der Waals surface area contributed by atoms with Gasteiger partial charge in [-0.05, 0) is 31.5 Å². The van der Waals surface area contributed by atoms with Gasteiger partial charge in [-0.1, -0.05) is 6.07 Å². The van der Waals surface area contributed by atoms with Crippen LogP contribution in [0, 0.1) is 0 Å². The molecule has 19 heavy (non-hydrogen) atoms. The van der Waals surface area contributed by atoms with E-state index in [1.165, 1.54) is 18.2 Å². The predicted octanol–water partition coefficient (Wildman–Crippen LogP) is 2.28. The number of nitrogens with one attached hydrogen (secondary N) is 2. The van der Waals surface area contributed by atoms with Crippen LogP contribution in [0.1, 0.15) is 12.8 Å². The van der Waals surface area contributed by atoms with Gasteiger partial charge in [0.15, 0.2) is 0 Å². The molecule has 2 N–H and O–H groups in total. The quantitative estimate of drug-likeness (QED) is 0.889. The van der Waals surface area contributed by atoms with Crippen molar-refractivity contribution in [2.24, 2.45) is 0 Å². The van der Waals surface area contributed by atoms with E-state index in [9.17, 15) is 18.0 Å². The third-order valence-corrected chi connectivity index (χ3v) is 2.71. The van der Waals surface area contributed by atoms with E-state index in [-0.39, 0.29) is 23.4 Å². The normalized spacial score (nSPS) is 19.2. The van der Waals surface area contributed by atoms with Crippen LogP contribution in [0.3, 0.4) is 0 Å². The van der Waals surface area contributed by atoms with Crippen LogP contribution in [-0.2, 0) is 4.79 Å². The van der Waals surface area contributed by atoms with Gasteiger partial charge in [0.2, 0.25) is 5.91 Å². The average Bonchev–Trinajstić information content (AvgIpc) is 2.80. The Kier molecular flexibility index (Phi) is 3.94. The van der Waals surface area contributed by atoms with Gasteiger partial charge in [0.05, 0.1) is 6.04 Å². The second-order valence-corrected chi connectivity index (χ2v) is 4.21. The zero-order valence-corrected chi connectivity index (χ0v) is 9.96. The van der Waals surface area contributed by atoms with Gasteiger partial charge in [-0.2, -0.15) is 0 Å². The first-order valence-electron chi connectivity index (χ1n) is 5.84. The molecule has 1 saturated heterocycles. The summed E-state index contributed by atoms with van der Waals surface area (Å²) in [6, 6.07) is 4.93. The molecule has 0 saturated carbocycles. The molecule has 1 fully saturated rings. The van der Waals surface area contributed by atoms with Crippen molar-refractivity contribution in [1.82, 2.24) is 5.32 Å². The highest BCUT2D eigenvalue weighted by Crippen LogP contribution is 2.25. The summed E-state index contributed by atoms with van der Waals surface area (Å²) in [5.74, 6) is -0.605. The number of hydrogen-bond donors (Lipinski definition) is 2. The van der Waals surface area contributed by atoms with E-state index in [0.29, 0.717) is 0 Å². The van der Waals surface area contributed by atoms with E-state index in [1.54, 1.807) is 0 Å². The maximum atomic E-state index is 12.1. The molecule has 4 nitrogen and oxygen atoms in total. The van der Waals surface area contributed by atoms with E-state index < -0.39 is 6.36 Å². The Morgan fingerprint density at radius 3 is 2.84 bits per heavy atom. The molecule has 1 amide bonds. The molecule has 0 bridgehead atoms. The summed E-state index contributed by atoms with van der Waals surface area (Å²) < 4.78 is 40.0. The molecule has 0 radical (unpaired) electrons.